The molecule has 3 aromatic heterocycles. The highest BCUT2D eigenvalue weighted by Crippen LogP contribution is 2.29. The second-order valence-electron chi connectivity index (χ2n) is 8.46. The van der Waals surface area contributed by atoms with Gasteiger partial charge >= 0.3 is 0 Å². The van der Waals surface area contributed by atoms with E-state index in [-0.39, 0.29) is 24.1 Å². The molecule has 180 valence electrons. The number of hydrogen-bond donors (Lipinski definition) is 2. The summed E-state index contributed by atoms with van der Waals surface area (Å²) in [5.41, 5.74) is 1.16. The van der Waals surface area contributed by atoms with Gasteiger partial charge in [-0.3, -0.25) is 9.69 Å². The highest BCUT2D eigenvalue weighted by molar-refractivity contribution is 5.80. The van der Waals surface area contributed by atoms with Gasteiger partial charge in [-0.2, -0.15) is 0 Å². The fraction of sp³-hybridized carbons (Fsp3) is 0.417. The van der Waals surface area contributed by atoms with Crippen LogP contribution in [0.3, 0.4) is 0 Å². The van der Waals surface area contributed by atoms with Crippen molar-refractivity contribution in [3.63, 3.8) is 0 Å². The quantitative estimate of drug-likeness (QED) is 0.346. The van der Waals surface area contributed by atoms with E-state index in [4.69, 9.17) is 9.15 Å². The van der Waals surface area contributed by atoms with Crippen LogP contribution in [0.5, 0.6) is 5.75 Å². The highest BCUT2D eigenvalue weighted by Gasteiger charge is 2.30. The summed E-state index contributed by atoms with van der Waals surface area (Å²) in [6.45, 7) is 7.63. The number of aliphatic hydroxyl groups excluding tert-OH is 1. The third-order valence-corrected chi connectivity index (χ3v) is 5.70. The second-order valence-corrected chi connectivity index (χ2v) is 8.46. The molecule has 0 saturated carbocycles. The summed E-state index contributed by atoms with van der Waals surface area (Å²) in [5, 5.41) is 23.1. The molecule has 0 fully saturated rings. The van der Waals surface area contributed by atoms with E-state index >= 15 is 0 Å². The Morgan fingerprint density at radius 1 is 1.26 bits per heavy atom. The average molecular weight is 467 g/mol. The van der Waals surface area contributed by atoms with Crippen LogP contribution in [0.2, 0.25) is 0 Å². The van der Waals surface area contributed by atoms with Crippen LogP contribution in [0, 0.1) is 5.92 Å². The van der Waals surface area contributed by atoms with Crippen molar-refractivity contribution in [2.24, 2.45) is 5.92 Å². The molecule has 1 atom stereocenters. The van der Waals surface area contributed by atoms with Crippen molar-refractivity contribution in [2.45, 2.75) is 39.9 Å². The maximum atomic E-state index is 12.9. The first-order chi connectivity index (χ1) is 16.5. The normalized spacial score (nSPS) is 12.6. The van der Waals surface area contributed by atoms with E-state index in [0.717, 1.165) is 22.4 Å². The SMILES string of the molecule is CCOc1ccc2[nH]c(=O)c(CN(CCO)[C@@H](c3nnnn3Cc3ccco3)C(C)C)cc2c1. The van der Waals surface area contributed by atoms with Crippen LogP contribution in [-0.4, -0.2) is 55.0 Å². The molecule has 4 rings (SSSR count). The lowest BCUT2D eigenvalue weighted by Crippen LogP contribution is -2.37. The van der Waals surface area contributed by atoms with E-state index in [0.29, 0.717) is 37.6 Å². The summed E-state index contributed by atoms with van der Waals surface area (Å²) < 4.78 is 12.8. The molecule has 0 aliphatic rings. The Morgan fingerprint density at radius 3 is 2.82 bits per heavy atom. The van der Waals surface area contributed by atoms with E-state index in [1.807, 2.05) is 48.2 Å². The van der Waals surface area contributed by atoms with Crippen LogP contribution in [0.4, 0.5) is 0 Å². The molecule has 0 bridgehead atoms. The molecule has 0 unspecified atom stereocenters. The molecule has 34 heavy (non-hydrogen) atoms. The maximum absolute atomic E-state index is 12.9. The molecule has 2 N–H and O–H groups in total. The molecular formula is C24H30N6O4. The highest BCUT2D eigenvalue weighted by atomic mass is 16.5. The average Bonchev–Trinajstić information content (AvgIpc) is 3.48. The smallest absolute Gasteiger partial charge is 0.252 e. The van der Waals surface area contributed by atoms with Gasteiger partial charge in [0.1, 0.15) is 18.1 Å². The number of benzene rings is 1. The van der Waals surface area contributed by atoms with Gasteiger partial charge in [0.05, 0.1) is 25.5 Å². The minimum Gasteiger partial charge on any atom is -0.494 e. The number of aromatic nitrogens is 5. The lowest BCUT2D eigenvalue weighted by molar-refractivity contribution is 0.105. The molecule has 0 aliphatic heterocycles. The van der Waals surface area contributed by atoms with Crippen LogP contribution < -0.4 is 10.3 Å². The van der Waals surface area contributed by atoms with E-state index in [1.54, 1.807) is 10.9 Å². The Balaban J connectivity index is 1.68. The molecule has 10 heteroatoms. The van der Waals surface area contributed by atoms with Crippen molar-refractivity contribution >= 4 is 10.9 Å². The van der Waals surface area contributed by atoms with Crippen molar-refractivity contribution < 1.29 is 14.3 Å². The number of fused-ring (bicyclic) bond motifs is 1. The minimum absolute atomic E-state index is 0.0665. The van der Waals surface area contributed by atoms with Crippen molar-refractivity contribution in [3.05, 3.63) is 70.2 Å². The van der Waals surface area contributed by atoms with Gasteiger partial charge in [0.15, 0.2) is 5.82 Å². The number of H-pyrrole nitrogens is 1. The van der Waals surface area contributed by atoms with E-state index in [2.05, 4.69) is 34.4 Å². The molecule has 3 heterocycles. The van der Waals surface area contributed by atoms with Crippen LogP contribution in [0.1, 0.15) is 44.0 Å². The van der Waals surface area contributed by atoms with Crippen LogP contribution in [0.15, 0.2) is 51.9 Å². The maximum Gasteiger partial charge on any atom is 0.252 e. The first-order valence-electron chi connectivity index (χ1n) is 11.4. The molecule has 0 saturated heterocycles. The van der Waals surface area contributed by atoms with Gasteiger partial charge < -0.3 is 19.2 Å². The summed E-state index contributed by atoms with van der Waals surface area (Å²) in [6.07, 6.45) is 1.61. The van der Waals surface area contributed by atoms with Crippen molar-refractivity contribution in [3.8, 4) is 5.75 Å². The van der Waals surface area contributed by atoms with E-state index < -0.39 is 0 Å². The van der Waals surface area contributed by atoms with Gasteiger partial charge in [-0.05, 0) is 59.7 Å². The number of hydrogen-bond acceptors (Lipinski definition) is 8. The van der Waals surface area contributed by atoms with Crippen molar-refractivity contribution in [2.75, 3.05) is 19.8 Å². The number of tetrazole rings is 1. The predicted octanol–water partition coefficient (Wildman–Crippen LogP) is 2.75. The zero-order valence-corrected chi connectivity index (χ0v) is 19.6. The largest absolute Gasteiger partial charge is 0.494 e. The Hall–Kier alpha value is -3.50. The summed E-state index contributed by atoms with van der Waals surface area (Å²) >= 11 is 0. The van der Waals surface area contributed by atoms with Crippen LogP contribution >= 0.6 is 0 Å². The van der Waals surface area contributed by atoms with Gasteiger partial charge in [-0.15, -0.1) is 5.10 Å². The van der Waals surface area contributed by atoms with E-state index in [9.17, 15) is 9.90 Å². The van der Waals surface area contributed by atoms with Crippen molar-refractivity contribution in [1.82, 2.24) is 30.1 Å². The van der Waals surface area contributed by atoms with Gasteiger partial charge in [0.2, 0.25) is 0 Å². The number of rotatable bonds is 11. The number of ether oxygens (including phenoxy) is 1. The number of furan rings is 1. The van der Waals surface area contributed by atoms with Gasteiger partial charge in [0.25, 0.3) is 5.56 Å². The monoisotopic (exact) mass is 466 g/mol. The fourth-order valence-corrected chi connectivity index (χ4v) is 4.24. The van der Waals surface area contributed by atoms with Gasteiger partial charge in [-0.1, -0.05) is 13.8 Å². The van der Waals surface area contributed by atoms with Crippen LogP contribution in [-0.2, 0) is 13.1 Å². The number of nitrogens with zero attached hydrogens (tertiary/aromatic N) is 5. The lowest BCUT2D eigenvalue weighted by atomic mass is 10.0. The molecule has 4 aromatic rings. The topological polar surface area (TPSA) is 122 Å². The summed E-state index contributed by atoms with van der Waals surface area (Å²) in [6, 6.07) is 10.9. The lowest BCUT2D eigenvalue weighted by Gasteiger charge is -2.33. The zero-order chi connectivity index (χ0) is 24.1. The molecule has 0 radical (unpaired) electrons. The predicted molar refractivity (Wildman–Crippen MR) is 126 cm³/mol. The molecule has 0 aliphatic carbocycles. The minimum atomic E-state index is -0.234. The van der Waals surface area contributed by atoms with Crippen molar-refractivity contribution in [1.29, 1.82) is 0 Å². The van der Waals surface area contributed by atoms with Gasteiger partial charge in [-0.25, -0.2) is 4.68 Å². The standard InChI is InChI=1S/C24H30N6O4/c1-4-33-19-7-8-21-17(13-19)12-18(24(32)25-21)14-29(9-10-31)22(16(2)3)23-26-27-28-30(23)15-20-6-5-11-34-20/h5-8,11-13,16,22,31H,4,9-10,14-15H2,1-3H3,(H,25,32)/t22-/m1/s1. The number of aromatic amines is 1. The Bertz CT molecular complexity index is 1260. The molecule has 0 spiro atoms. The second kappa shape index (κ2) is 10.6. The molecule has 1 aromatic carbocycles. The first-order valence-corrected chi connectivity index (χ1v) is 11.4. The third-order valence-electron chi connectivity index (χ3n) is 5.70. The zero-order valence-electron chi connectivity index (χ0n) is 19.6. The first kappa shape index (κ1) is 23.7. The molecular weight excluding hydrogens is 436 g/mol. The van der Waals surface area contributed by atoms with Gasteiger partial charge in [0, 0.05) is 29.6 Å². The summed E-state index contributed by atoms with van der Waals surface area (Å²) in [5.74, 6) is 2.24. The van der Waals surface area contributed by atoms with E-state index in [1.165, 1.54) is 0 Å². The summed E-state index contributed by atoms with van der Waals surface area (Å²) in [4.78, 5) is 17.9. The Morgan fingerprint density at radius 2 is 2.12 bits per heavy atom. The van der Waals surface area contributed by atoms with Crippen LogP contribution in [0.25, 0.3) is 10.9 Å². The fourth-order valence-electron chi connectivity index (χ4n) is 4.24. The Kier molecular flexibility index (Phi) is 7.39. The number of nitrogens with one attached hydrogen (secondary N) is 1. The Labute approximate surface area is 197 Å². The summed E-state index contributed by atoms with van der Waals surface area (Å²) in [7, 11) is 0. The molecule has 0 amide bonds. The number of aliphatic hydroxyl groups is 1. The number of pyridine rings is 1. The molecule has 10 nitrogen and oxygen atoms in total. The third kappa shape index (κ3) is 5.18.